The number of carbonyl (C=O) groups excluding carboxylic acids is 2. The highest BCUT2D eigenvalue weighted by Gasteiger charge is 2.19. The summed E-state index contributed by atoms with van der Waals surface area (Å²) in [5.41, 5.74) is 6.18. The Morgan fingerprint density at radius 3 is 2.55 bits per heavy atom. The number of benzene rings is 1. The second-order valence-corrected chi connectivity index (χ2v) is 4.80. The van der Waals surface area contributed by atoms with Gasteiger partial charge in [0.05, 0.1) is 25.4 Å². The first-order valence-electron chi connectivity index (χ1n) is 6.96. The van der Waals surface area contributed by atoms with E-state index < -0.39 is 6.04 Å². The van der Waals surface area contributed by atoms with Gasteiger partial charge in [0.15, 0.2) is 0 Å². The summed E-state index contributed by atoms with van der Waals surface area (Å²) in [4.78, 5) is 25.5. The van der Waals surface area contributed by atoms with Crippen molar-refractivity contribution < 1.29 is 14.3 Å². The molecule has 0 heterocycles. The molecule has 0 saturated heterocycles. The summed E-state index contributed by atoms with van der Waals surface area (Å²) >= 11 is 0. The summed E-state index contributed by atoms with van der Waals surface area (Å²) in [6.45, 7) is 4.04. The number of nitrogens with zero attached hydrogens (tertiary/aromatic N) is 1. The molecule has 0 radical (unpaired) electrons. The van der Waals surface area contributed by atoms with E-state index in [1.807, 2.05) is 13.0 Å². The van der Waals surface area contributed by atoms with Crippen LogP contribution in [0.1, 0.15) is 20.3 Å². The number of halogens is 1. The van der Waals surface area contributed by atoms with E-state index in [0.717, 1.165) is 6.42 Å². The van der Waals surface area contributed by atoms with Crippen LogP contribution in [0.3, 0.4) is 0 Å². The summed E-state index contributed by atoms with van der Waals surface area (Å²) in [5, 5.41) is 2.75. The molecule has 1 aromatic carbocycles. The summed E-state index contributed by atoms with van der Waals surface area (Å²) in [5.74, 6) is 0.0698. The lowest BCUT2D eigenvalue weighted by molar-refractivity contribution is -0.135. The SMILES string of the molecule is CCCN(CC(=O)Nc1ccccc1OC)C(=O)[C@@H](C)N.Cl. The number of amides is 2. The average molecular weight is 330 g/mol. The lowest BCUT2D eigenvalue weighted by atomic mass is 10.2. The van der Waals surface area contributed by atoms with Gasteiger partial charge in [0.1, 0.15) is 5.75 Å². The number of rotatable bonds is 7. The molecule has 0 spiro atoms. The normalized spacial score (nSPS) is 11.1. The van der Waals surface area contributed by atoms with Crippen LogP contribution >= 0.6 is 12.4 Å². The van der Waals surface area contributed by atoms with E-state index in [2.05, 4.69) is 5.32 Å². The first-order valence-corrected chi connectivity index (χ1v) is 6.96. The van der Waals surface area contributed by atoms with Crippen molar-refractivity contribution >= 4 is 29.9 Å². The first-order chi connectivity index (χ1) is 9.99. The third-order valence-corrected chi connectivity index (χ3v) is 2.91. The summed E-state index contributed by atoms with van der Waals surface area (Å²) < 4.78 is 5.17. The van der Waals surface area contributed by atoms with E-state index in [4.69, 9.17) is 10.5 Å². The van der Waals surface area contributed by atoms with Crippen LogP contribution in [0.15, 0.2) is 24.3 Å². The fraction of sp³-hybridized carbons (Fsp3) is 0.467. The van der Waals surface area contributed by atoms with Gasteiger partial charge in [-0.15, -0.1) is 12.4 Å². The monoisotopic (exact) mass is 329 g/mol. The molecule has 0 fully saturated rings. The van der Waals surface area contributed by atoms with Crippen molar-refractivity contribution in [1.29, 1.82) is 0 Å². The van der Waals surface area contributed by atoms with Gasteiger partial charge in [-0.2, -0.15) is 0 Å². The molecule has 6 nitrogen and oxygen atoms in total. The Morgan fingerprint density at radius 2 is 2.00 bits per heavy atom. The Hall–Kier alpha value is -1.79. The number of methoxy groups -OCH3 is 1. The lowest BCUT2D eigenvalue weighted by Crippen LogP contribution is -2.45. The van der Waals surface area contributed by atoms with E-state index in [1.165, 1.54) is 12.0 Å². The highest BCUT2D eigenvalue weighted by molar-refractivity contribution is 5.96. The van der Waals surface area contributed by atoms with Gasteiger partial charge in [0.25, 0.3) is 0 Å². The van der Waals surface area contributed by atoms with E-state index in [1.54, 1.807) is 25.1 Å². The van der Waals surface area contributed by atoms with Crippen LogP contribution in [-0.2, 0) is 9.59 Å². The van der Waals surface area contributed by atoms with Crippen LogP contribution in [0, 0.1) is 0 Å². The van der Waals surface area contributed by atoms with E-state index >= 15 is 0 Å². The number of hydrogen-bond donors (Lipinski definition) is 2. The van der Waals surface area contributed by atoms with Crippen LogP contribution in [0.2, 0.25) is 0 Å². The minimum absolute atomic E-state index is 0. The molecule has 7 heteroatoms. The number of nitrogens with two attached hydrogens (primary N) is 1. The van der Waals surface area contributed by atoms with Gasteiger partial charge in [0.2, 0.25) is 11.8 Å². The Labute approximate surface area is 137 Å². The first kappa shape index (κ1) is 20.2. The summed E-state index contributed by atoms with van der Waals surface area (Å²) in [7, 11) is 1.54. The second-order valence-electron chi connectivity index (χ2n) is 4.80. The topological polar surface area (TPSA) is 84.7 Å². The van der Waals surface area contributed by atoms with Crippen LogP contribution in [0.25, 0.3) is 0 Å². The number of carbonyl (C=O) groups is 2. The number of nitrogens with one attached hydrogen (secondary N) is 1. The highest BCUT2D eigenvalue weighted by atomic mass is 35.5. The minimum Gasteiger partial charge on any atom is -0.495 e. The second kappa shape index (κ2) is 10.0. The van der Waals surface area contributed by atoms with Crippen LogP contribution < -0.4 is 15.8 Å². The Kier molecular flexibility index (Phi) is 9.21. The molecule has 0 unspecified atom stereocenters. The number of ether oxygens (including phenoxy) is 1. The predicted molar refractivity (Wildman–Crippen MR) is 89.4 cm³/mol. The number of para-hydroxylation sites is 2. The maximum absolute atomic E-state index is 12.1. The summed E-state index contributed by atoms with van der Waals surface area (Å²) in [6.07, 6.45) is 0.764. The molecule has 0 aromatic heterocycles. The average Bonchev–Trinajstić information content (AvgIpc) is 2.46. The van der Waals surface area contributed by atoms with Crippen molar-refractivity contribution in [2.24, 2.45) is 5.73 Å². The van der Waals surface area contributed by atoms with Crippen LogP contribution in [0.5, 0.6) is 5.75 Å². The molecule has 0 bridgehead atoms. The van der Waals surface area contributed by atoms with Crippen LogP contribution in [-0.4, -0.2) is 43.0 Å². The fourth-order valence-corrected chi connectivity index (χ4v) is 1.94. The van der Waals surface area contributed by atoms with E-state index in [0.29, 0.717) is 18.0 Å². The molecule has 1 rings (SSSR count). The molecule has 1 aromatic rings. The molecule has 2 amide bonds. The number of hydrogen-bond acceptors (Lipinski definition) is 4. The Morgan fingerprint density at radius 1 is 1.36 bits per heavy atom. The lowest BCUT2D eigenvalue weighted by Gasteiger charge is -2.23. The molecule has 22 heavy (non-hydrogen) atoms. The predicted octanol–water partition coefficient (Wildman–Crippen LogP) is 1.64. The standard InChI is InChI=1S/C15H23N3O3.ClH/c1-4-9-18(15(20)11(2)16)10-14(19)17-12-7-5-6-8-13(12)21-3;/h5-8,11H,4,9-10,16H2,1-3H3,(H,17,19);1H/t11-;/m1./s1. The molecule has 1 atom stereocenters. The van der Waals surface area contributed by atoms with Crippen molar-refractivity contribution in [3.8, 4) is 5.75 Å². The molecule has 0 saturated carbocycles. The van der Waals surface area contributed by atoms with Crippen molar-refractivity contribution in [3.63, 3.8) is 0 Å². The number of anilines is 1. The Balaban J connectivity index is 0.00000441. The van der Waals surface area contributed by atoms with E-state index in [9.17, 15) is 9.59 Å². The van der Waals surface area contributed by atoms with Crippen molar-refractivity contribution in [2.75, 3.05) is 25.5 Å². The largest absolute Gasteiger partial charge is 0.495 e. The Bertz CT molecular complexity index is 495. The van der Waals surface area contributed by atoms with Crippen molar-refractivity contribution in [2.45, 2.75) is 26.3 Å². The smallest absolute Gasteiger partial charge is 0.244 e. The molecule has 0 aliphatic carbocycles. The zero-order valence-electron chi connectivity index (χ0n) is 13.2. The molecule has 0 aliphatic rings. The van der Waals surface area contributed by atoms with Gasteiger partial charge in [-0.3, -0.25) is 9.59 Å². The maximum atomic E-state index is 12.1. The maximum Gasteiger partial charge on any atom is 0.244 e. The zero-order chi connectivity index (χ0) is 15.8. The minimum atomic E-state index is -0.615. The fourth-order valence-electron chi connectivity index (χ4n) is 1.94. The van der Waals surface area contributed by atoms with E-state index in [-0.39, 0.29) is 30.8 Å². The van der Waals surface area contributed by atoms with Gasteiger partial charge in [0, 0.05) is 6.54 Å². The van der Waals surface area contributed by atoms with Crippen molar-refractivity contribution in [3.05, 3.63) is 24.3 Å². The third kappa shape index (κ3) is 5.91. The highest BCUT2D eigenvalue weighted by Crippen LogP contribution is 2.22. The molecule has 124 valence electrons. The quantitative estimate of drug-likeness (QED) is 0.796. The molecule has 0 aliphatic heterocycles. The van der Waals surface area contributed by atoms with Gasteiger partial charge in [-0.1, -0.05) is 19.1 Å². The van der Waals surface area contributed by atoms with Gasteiger partial charge < -0.3 is 20.7 Å². The van der Waals surface area contributed by atoms with Crippen LogP contribution in [0.4, 0.5) is 5.69 Å². The van der Waals surface area contributed by atoms with Crippen molar-refractivity contribution in [1.82, 2.24) is 4.90 Å². The summed E-state index contributed by atoms with van der Waals surface area (Å²) in [6, 6.07) is 6.50. The molecular formula is C15H24ClN3O3. The zero-order valence-corrected chi connectivity index (χ0v) is 14.0. The van der Waals surface area contributed by atoms with Gasteiger partial charge in [-0.25, -0.2) is 0 Å². The molecule has 3 N–H and O–H groups in total. The van der Waals surface area contributed by atoms with Gasteiger partial charge in [-0.05, 0) is 25.5 Å². The molecular weight excluding hydrogens is 306 g/mol. The van der Waals surface area contributed by atoms with Gasteiger partial charge >= 0.3 is 0 Å². The third-order valence-electron chi connectivity index (χ3n) is 2.91.